The van der Waals surface area contributed by atoms with Gasteiger partial charge in [-0.1, -0.05) is 0 Å². The van der Waals surface area contributed by atoms with Gasteiger partial charge in [0.15, 0.2) is 0 Å². The van der Waals surface area contributed by atoms with Gasteiger partial charge in [0.2, 0.25) is 0 Å². The SMILES string of the molecule is CC(C)NC(=O)NCC1OCC(NCc2ncc[nH]2)C1O. The molecular formula is C13H23N5O3. The molecule has 5 N–H and O–H groups in total. The molecule has 118 valence electrons. The van der Waals surface area contributed by atoms with E-state index in [9.17, 15) is 9.90 Å². The Bertz CT molecular complexity index is 437. The highest BCUT2D eigenvalue weighted by molar-refractivity contribution is 5.74. The Balaban J connectivity index is 1.71. The first-order chi connectivity index (χ1) is 10.1. The molecule has 0 radical (unpaired) electrons. The molecule has 2 rings (SSSR count). The fraction of sp³-hybridized carbons (Fsp3) is 0.692. The van der Waals surface area contributed by atoms with E-state index in [1.807, 2.05) is 13.8 Å². The number of rotatable bonds is 6. The zero-order chi connectivity index (χ0) is 15.2. The van der Waals surface area contributed by atoms with Gasteiger partial charge in [-0.05, 0) is 13.8 Å². The molecule has 0 aromatic carbocycles. The first-order valence-corrected chi connectivity index (χ1v) is 7.12. The predicted molar refractivity (Wildman–Crippen MR) is 76.6 cm³/mol. The minimum Gasteiger partial charge on any atom is -0.389 e. The van der Waals surface area contributed by atoms with Gasteiger partial charge in [0.25, 0.3) is 0 Å². The second-order valence-electron chi connectivity index (χ2n) is 5.39. The average Bonchev–Trinajstić information content (AvgIpc) is 3.04. The number of ether oxygens (including phenoxy) is 1. The van der Waals surface area contributed by atoms with E-state index in [1.54, 1.807) is 12.4 Å². The fourth-order valence-electron chi connectivity index (χ4n) is 2.17. The number of aliphatic hydroxyl groups is 1. The Morgan fingerprint density at radius 2 is 2.43 bits per heavy atom. The van der Waals surface area contributed by atoms with Gasteiger partial charge in [0.05, 0.1) is 25.3 Å². The summed E-state index contributed by atoms with van der Waals surface area (Å²) in [6.07, 6.45) is 2.36. The van der Waals surface area contributed by atoms with Crippen LogP contribution in [-0.2, 0) is 11.3 Å². The van der Waals surface area contributed by atoms with Crippen molar-refractivity contribution in [2.75, 3.05) is 13.2 Å². The first kappa shape index (κ1) is 15.7. The molecule has 0 saturated carbocycles. The van der Waals surface area contributed by atoms with E-state index in [4.69, 9.17) is 4.74 Å². The van der Waals surface area contributed by atoms with Gasteiger partial charge in [0.1, 0.15) is 11.9 Å². The Hall–Kier alpha value is -1.64. The van der Waals surface area contributed by atoms with Gasteiger partial charge < -0.3 is 30.8 Å². The van der Waals surface area contributed by atoms with E-state index in [2.05, 4.69) is 25.9 Å². The summed E-state index contributed by atoms with van der Waals surface area (Å²) in [5.41, 5.74) is 0. The van der Waals surface area contributed by atoms with Crippen LogP contribution in [0, 0.1) is 0 Å². The van der Waals surface area contributed by atoms with Crippen LogP contribution < -0.4 is 16.0 Å². The molecule has 2 amide bonds. The highest BCUT2D eigenvalue weighted by Crippen LogP contribution is 2.14. The van der Waals surface area contributed by atoms with Gasteiger partial charge in [-0.25, -0.2) is 9.78 Å². The zero-order valence-electron chi connectivity index (χ0n) is 12.3. The number of carbonyl (C=O) groups excluding carboxylic acids is 1. The number of amides is 2. The Morgan fingerprint density at radius 3 is 3.10 bits per heavy atom. The van der Waals surface area contributed by atoms with E-state index in [0.29, 0.717) is 13.2 Å². The maximum absolute atomic E-state index is 11.5. The molecule has 0 spiro atoms. The average molecular weight is 297 g/mol. The summed E-state index contributed by atoms with van der Waals surface area (Å²) < 4.78 is 5.52. The van der Waals surface area contributed by atoms with Crippen LogP contribution in [0.4, 0.5) is 4.79 Å². The molecule has 8 heteroatoms. The first-order valence-electron chi connectivity index (χ1n) is 7.12. The third kappa shape index (κ3) is 4.69. The Labute approximate surface area is 123 Å². The lowest BCUT2D eigenvalue weighted by molar-refractivity contribution is 0.0425. The molecule has 1 aliphatic heterocycles. The predicted octanol–water partition coefficient (Wildman–Crippen LogP) is -0.665. The Morgan fingerprint density at radius 1 is 1.62 bits per heavy atom. The normalized spacial score (nSPS) is 25.2. The lowest BCUT2D eigenvalue weighted by atomic mass is 10.1. The third-order valence-corrected chi connectivity index (χ3v) is 3.25. The number of aromatic nitrogens is 2. The number of hydrogen-bond donors (Lipinski definition) is 5. The summed E-state index contributed by atoms with van der Waals surface area (Å²) in [4.78, 5) is 18.6. The number of carbonyl (C=O) groups is 1. The number of nitrogens with zero attached hydrogens (tertiary/aromatic N) is 1. The van der Waals surface area contributed by atoms with Crippen molar-refractivity contribution in [3.63, 3.8) is 0 Å². The van der Waals surface area contributed by atoms with Crippen LogP contribution in [0.25, 0.3) is 0 Å². The molecule has 2 heterocycles. The highest BCUT2D eigenvalue weighted by Gasteiger charge is 2.35. The monoisotopic (exact) mass is 297 g/mol. The molecule has 0 bridgehead atoms. The number of nitrogens with one attached hydrogen (secondary N) is 4. The van der Waals surface area contributed by atoms with E-state index in [-0.39, 0.29) is 24.7 Å². The minimum absolute atomic E-state index is 0.0714. The molecule has 1 aromatic rings. The van der Waals surface area contributed by atoms with E-state index in [0.717, 1.165) is 5.82 Å². The molecular weight excluding hydrogens is 274 g/mol. The van der Waals surface area contributed by atoms with Crippen molar-refractivity contribution < 1.29 is 14.6 Å². The quantitative estimate of drug-likeness (QED) is 0.478. The van der Waals surface area contributed by atoms with Crippen LogP contribution in [-0.4, -0.2) is 58.5 Å². The van der Waals surface area contributed by atoms with Crippen LogP contribution in [0.1, 0.15) is 19.7 Å². The molecule has 1 saturated heterocycles. The maximum atomic E-state index is 11.5. The molecule has 3 atom stereocenters. The number of aliphatic hydroxyl groups excluding tert-OH is 1. The number of hydrogen-bond acceptors (Lipinski definition) is 5. The third-order valence-electron chi connectivity index (χ3n) is 3.25. The van der Waals surface area contributed by atoms with E-state index >= 15 is 0 Å². The summed E-state index contributed by atoms with van der Waals surface area (Å²) in [6, 6.07) is -0.356. The fourth-order valence-corrected chi connectivity index (χ4v) is 2.17. The number of aromatic amines is 1. The lowest BCUT2D eigenvalue weighted by Crippen LogP contribution is -2.47. The van der Waals surface area contributed by atoms with Crippen LogP contribution in [0.15, 0.2) is 12.4 Å². The van der Waals surface area contributed by atoms with Crippen LogP contribution in [0.3, 0.4) is 0 Å². The van der Waals surface area contributed by atoms with Gasteiger partial charge in [-0.15, -0.1) is 0 Å². The second kappa shape index (κ2) is 7.39. The molecule has 1 aromatic heterocycles. The highest BCUT2D eigenvalue weighted by atomic mass is 16.5. The number of urea groups is 1. The van der Waals surface area contributed by atoms with Crippen molar-refractivity contribution in [2.24, 2.45) is 0 Å². The summed E-state index contributed by atoms with van der Waals surface area (Å²) in [6.45, 7) is 4.98. The number of imidazole rings is 1. The minimum atomic E-state index is -0.667. The molecule has 0 aliphatic carbocycles. The second-order valence-corrected chi connectivity index (χ2v) is 5.39. The lowest BCUT2D eigenvalue weighted by Gasteiger charge is -2.19. The van der Waals surface area contributed by atoms with Gasteiger partial charge in [0, 0.05) is 25.0 Å². The van der Waals surface area contributed by atoms with Crippen LogP contribution >= 0.6 is 0 Å². The smallest absolute Gasteiger partial charge is 0.315 e. The molecule has 1 fully saturated rings. The van der Waals surface area contributed by atoms with Gasteiger partial charge in [-0.2, -0.15) is 0 Å². The standard InChI is InChI=1S/C13H23N5O3/c1-8(2)18-13(20)17-5-10-12(19)9(7-21-10)16-6-11-14-3-4-15-11/h3-4,8-10,12,16,19H,5-7H2,1-2H3,(H,14,15)(H2,17,18,20). The maximum Gasteiger partial charge on any atom is 0.315 e. The van der Waals surface area contributed by atoms with Gasteiger partial charge >= 0.3 is 6.03 Å². The topological polar surface area (TPSA) is 111 Å². The van der Waals surface area contributed by atoms with E-state index < -0.39 is 12.2 Å². The van der Waals surface area contributed by atoms with Crippen molar-refractivity contribution in [3.8, 4) is 0 Å². The summed E-state index contributed by atoms with van der Waals surface area (Å²) in [7, 11) is 0. The summed E-state index contributed by atoms with van der Waals surface area (Å²) in [5.74, 6) is 0.806. The molecule has 8 nitrogen and oxygen atoms in total. The van der Waals surface area contributed by atoms with Crippen molar-refractivity contribution in [1.82, 2.24) is 25.9 Å². The number of H-pyrrole nitrogens is 1. The van der Waals surface area contributed by atoms with Crippen molar-refractivity contribution in [3.05, 3.63) is 18.2 Å². The van der Waals surface area contributed by atoms with Gasteiger partial charge in [-0.3, -0.25) is 0 Å². The van der Waals surface area contributed by atoms with Crippen LogP contribution in [0.2, 0.25) is 0 Å². The Kier molecular flexibility index (Phi) is 5.54. The zero-order valence-corrected chi connectivity index (χ0v) is 12.3. The van der Waals surface area contributed by atoms with Crippen molar-refractivity contribution in [1.29, 1.82) is 0 Å². The summed E-state index contributed by atoms with van der Waals surface area (Å²) >= 11 is 0. The van der Waals surface area contributed by atoms with E-state index in [1.165, 1.54) is 0 Å². The largest absolute Gasteiger partial charge is 0.389 e. The molecule has 1 aliphatic rings. The van der Waals surface area contributed by atoms with Crippen molar-refractivity contribution >= 4 is 6.03 Å². The van der Waals surface area contributed by atoms with Crippen LogP contribution in [0.5, 0.6) is 0 Å². The summed E-state index contributed by atoms with van der Waals surface area (Å²) in [5, 5.41) is 18.8. The van der Waals surface area contributed by atoms with Crippen molar-refractivity contribution in [2.45, 2.75) is 44.7 Å². The molecule has 3 unspecified atom stereocenters. The molecule has 21 heavy (non-hydrogen) atoms.